The van der Waals surface area contributed by atoms with Crippen LogP contribution in [0.15, 0.2) is 66.7 Å². The van der Waals surface area contributed by atoms with Crippen LogP contribution in [0.5, 0.6) is 5.75 Å². The van der Waals surface area contributed by atoms with Crippen LogP contribution >= 0.6 is 0 Å². The third kappa shape index (κ3) is 11.2. The van der Waals surface area contributed by atoms with Crippen LogP contribution in [0, 0.1) is 11.6 Å². The summed E-state index contributed by atoms with van der Waals surface area (Å²) in [6, 6.07) is 15.2. The number of hydrogen-bond acceptors (Lipinski definition) is 8. The average Bonchev–Trinajstić information content (AvgIpc) is 3.10. The van der Waals surface area contributed by atoms with Crippen LogP contribution in [0.3, 0.4) is 0 Å². The lowest BCUT2D eigenvalue weighted by Crippen LogP contribution is -2.49. The lowest BCUT2D eigenvalue weighted by molar-refractivity contribution is -0.158. The zero-order valence-corrected chi connectivity index (χ0v) is 27.6. The highest BCUT2D eigenvalue weighted by Gasteiger charge is 2.34. The molecule has 2 N–H and O–H groups in total. The lowest BCUT2D eigenvalue weighted by atomic mass is 9.81. The van der Waals surface area contributed by atoms with E-state index in [0.29, 0.717) is 41.0 Å². The normalized spacial score (nSPS) is 17.3. The molecule has 4 rings (SSSR count). The smallest absolute Gasteiger partial charge is 0.407 e. The van der Waals surface area contributed by atoms with Gasteiger partial charge in [-0.1, -0.05) is 36.4 Å². The standard InChI is InChI=1S/C36H39F5N2O7/c1-47-27-7-3-6-24(17-27)33(22-9-11-25(37)12-10-22)34(43-35(46)48-2)31(44)18-23-5-4-8-30(38)29(23)14-13-28-19-42-26(20-49-28)21-50-32(45)15-16-36(39,40)41/h3-12,17,26,28,33-34,42H,13-16,18-21H2,1-2H3,(H,43,46)/t26-,28+,33+,34+/m0/s1. The zero-order valence-electron chi connectivity index (χ0n) is 27.6. The number of ketones is 1. The summed E-state index contributed by atoms with van der Waals surface area (Å²) in [6.45, 7) is 0.284. The van der Waals surface area contributed by atoms with Crippen molar-refractivity contribution in [2.45, 2.75) is 62.4 Å². The van der Waals surface area contributed by atoms with Gasteiger partial charge in [-0.05, 0) is 65.4 Å². The largest absolute Gasteiger partial charge is 0.497 e. The molecule has 0 unspecified atom stereocenters. The number of benzene rings is 3. The third-order valence-electron chi connectivity index (χ3n) is 8.34. The van der Waals surface area contributed by atoms with E-state index in [2.05, 4.69) is 10.6 Å². The Kier molecular flexibility index (Phi) is 13.7. The minimum Gasteiger partial charge on any atom is -0.497 e. The molecule has 1 aliphatic rings. The number of carbonyl (C=O) groups excluding carboxylic acids is 3. The molecular formula is C36H39F5N2O7. The number of Topliss-reactive ketones (excluding diaryl/α,β-unsaturated/α-hetero) is 1. The number of carbonyl (C=O) groups is 3. The van der Waals surface area contributed by atoms with Crippen molar-refractivity contribution in [1.82, 2.24) is 10.6 Å². The Bertz CT molecular complexity index is 1590. The maximum atomic E-state index is 15.3. The molecule has 1 amide bonds. The molecule has 1 saturated heterocycles. The first-order chi connectivity index (χ1) is 23.9. The van der Waals surface area contributed by atoms with Gasteiger partial charge in [-0.15, -0.1) is 0 Å². The van der Waals surface area contributed by atoms with Gasteiger partial charge < -0.3 is 29.6 Å². The van der Waals surface area contributed by atoms with Crippen LogP contribution in [0.1, 0.15) is 47.4 Å². The Labute approximate surface area is 286 Å². The van der Waals surface area contributed by atoms with Gasteiger partial charge in [0.15, 0.2) is 5.78 Å². The minimum atomic E-state index is -4.45. The maximum absolute atomic E-state index is 15.3. The number of alkyl halides is 3. The fourth-order valence-electron chi connectivity index (χ4n) is 5.74. The van der Waals surface area contributed by atoms with E-state index < -0.39 is 66.5 Å². The highest BCUT2D eigenvalue weighted by Crippen LogP contribution is 2.32. The molecule has 0 aliphatic carbocycles. The summed E-state index contributed by atoms with van der Waals surface area (Å²) in [5.74, 6) is -2.72. The summed E-state index contributed by atoms with van der Waals surface area (Å²) in [5.41, 5.74) is 1.83. The average molecular weight is 707 g/mol. The highest BCUT2D eigenvalue weighted by molar-refractivity contribution is 5.91. The molecule has 50 heavy (non-hydrogen) atoms. The monoisotopic (exact) mass is 706 g/mol. The van der Waals surface area contributed by atoms with Crippen molar-refractivity contribution < 1.29 is 55.3 Å². The van der Waals surface area contributed by atoms with Gasteiger partial charge in [0, 0.05) is 18.9 Å². The Hall–Kier alpha value is -4.56. The van der Waals surface area contributed by atoms with Crippen LogP contribution in [-0.2, 0) is 36.6 Å². The third-order valence-corrected chi connectivity index (χ3v) is 8.34. The number of halogens is 5. The number of ether oxygens (including phenoxy) is 4. The molecule has 0 spiro atoms. The molecule has 9 nitrogen and oxygen atoms in total. The van der Waals surface area contributed by atoms with Crippen LogP contribution < -0.4 is 15.4 Å². The first-order valence-corrected chi connectivity index (χ1v) is 16.0. The number of rotatable bonds is 15. The first kappa shape index (κ1) is 38.2. The second kappa shape index (κ2) is 17.9. The van der Waals surface area contributed by atoms with Crippen molar-refractivity contribution in [2.24, 2.45) is 0 Å². The number of methoxy groups -OCH3 is 2. The number of hydrogen-bond donors (Lipinski definition) is 2. The molecule has 1 heterocycles. The van der Waals surface area contributed by atoms with Crippen molar-refractivity contribution in [2.75, 3.05) is 34.0 Å². The van der Waals surface area contributed by atoms with Gasteiger partial charge in [0.2, 0.25) is 0 Å². The predicted molar refractivity (Wildman–Crippen MR) is 172 cm³/mol. The van der Waals surface area contributed by atoms with Gasteiger partial charge in [-0.3, -0.25) is 9.59 Å². The Morgan fingerprint density at radius 3 is 2.40 bits per heavy atom. The summed E-state index contributed by atoms with van der Waals surface area (Å²) in [6.07, 6.45) is -7.39. The molecule has 270 valence electrons. The van der Waals surface area contributed by atoms with E-state index in [1.54, 1.807) is 30.3 Å². The van der Waals surface area contributed by atoms with Gasteiger partial charge in [0.25, 0.3) is 0 Å². The van der Waals surface area contributed by atoms with E-state index in [1.165, 1.54) is 43.5 Å². The number of alkyl carbamates (subject to hydrolysis) is 1. The van der Waals surface area contributed by atoms with Crippen LogP contribution in [0.2, 0.25) is 0 Å². The summed E-state index contributed by atoms with van der Waals surface area (Å²) in [4.78, 5) is 38.4. The Balaban J connectivity index is 1.47. The van der Waals surface area contributed by atoms with E-state index in [0.717, 1.165) is 7.11 Å². The summed E-state index contributed by atoms with van der Waals surface area (Å²) >= 11 is 0. The molecule has 0 bridgehead atoms. The molecule has 0 radical (unpaired) electrons. The lowest BCUT2D eigenvalue weighted by Gasteiger charge is -2.30. The van der Waals surface area contributed by atoms with Crippen LogP contribution in [0.4, 0.5) is 26.7 Å². The number of nitrogens with one attached hydrogen (secondary N) is 2. The molecule has 3 aromatic rings. The van der Waals surface area contributed by atoms with E-state index in [1.807, 2.05) is 0 Å². The predicted octanol–water partition coefficient (Wildman–Crippen LogP) is 5.82. The van der Waals surface area contributed by atoms with Crippen molar-refractivity contribution >= 4 is 17.8 Å². The second-order valence-corrected chi connectivity index (χ2v) is 11.8. The van der Waals surface area contributed by atoms with Gasteiger partial charge in [0.05, 0.1) is 45.8 Å². The van der Waals surface area contributed by atoms with E-state index in [4.69, 9.17) is 18.9 Å². The van der Waals surface area contributed by atoms with Gasteiger partial charge >= 0.3 is 18.2 Å². The Morgan fingerprint density at radius 2 is 1.74 bits per heavy atom. The minimum absolute atomic E-state index is 0.121. The van der Waals surface area contributed by atoms with Crippen LogP contribution in [0.25, 0.3) is 0 Å². The fraction of sp³-hybridized carbons (Fsp3) is 0.417. The van der Waals surface area contributed by atoms with Crippen molar-refractivity contribution in [3.63, 3.8) is 0 Å². The van der Waals surface area contributed by atoms with Crippen molar-refractivity contribution in [1.29, 1.82) is 0 Å². The second-order valence-electron chi connectivity index (χ2n) is 11.8. The number of morpholine rings is 1. The number of amides is 1. The van der Waals surface area contributed by atoms with E-state index in [-0.39, 0.29) is 32.2 Å². The number of esters is 1. The molecule has 4 atom stereocenters. The van der Waals surface area contributed by atoms with Gasteiger partial charge in [-0.25, -0.2) is 13.6 Å². The van der Waals surface area contributed by atoms with Crippen molar-refractivity contribution in [3.05, 3.63) is 101 Å². The van der Waals surface area contributed by atoms with Gasteiger partial charge in [-0.2, -0.15) is 13.2 Å². The van der Waals surface area contributed by atoms with E-state index in [9.17, 15) is 31.9 Å². The van der Waals surface area contributed by atoms with Gasteiger partial charge in [0.1, 0.15) is 30.0 Å². The Morgan fingerprint density at radius 1 is 1.00 bits per heavy atom. The van der Waals surface area contributed by atoms with E-state index >= 15 is 4.39 Å². The van der Waals surface area contributed by atoms with Crippen molar-refractivity contribution in [3.8, 4) is 5.75 Å². The zero-order chi connectivity index (χ0) is 36.3. The highest BCUT2D eigenvalue weighted by atomic mass is 19.4. The topological polar surface area (TPSA) is 112 Å². The molecule has 14 heteroatoms. The SMILES string of the molecule is COC(=O)N[C@H](C(=O)Cc1cccc(F)c1CC[C@@H]1CN[C@H](COC(=O)CCC(F)(F)F)CO1)[C@H](c1ccc(F)cc1)c1cccc(OC)c1. The molecular weight excluding hydrogens is 667 g/mol. The molecule has 0 aromatic heterocycles. The first-order valence-electron chi connectivity index (χ1n) is 16.0. The summed E-state index contributed by atoms with van der Waals surface area (Å²) in [7, 11) is 2.65. The molecule has 0 saturated carbocycles. The summed E-state index contributed by atoms with van der Waals surface area (Å²) < 4.78 is 87.2. The molecule has 1 fully saturated rings. The van der Waals surface area contributed by atoms with Crippen LogP contribution in [-0.4, -0.2) is 76.2 Å². The fourth-order valence-corrected chi connectivity index (χ4v) is 5.74. The molecule has 3 aromatic carbocycles. The maximum Gasteiger partial charge on any atom is 0.407 e. The summed E-state index contributed by atoms with van der Waals surface area (Å²) in [5, 5.41) is 5.77. The molecule has 1 aliphatic heterocycles. The quantitative estimate of drug-likeness (QED) is 0.150.